The molecule has 10 rings (SSSR count). The molecular weight excluding hydrogens is 983 g/mol. The molecule has 2 unspecified atom stereocenters. The molecule has 4 heterocycles. The number of likely N-dealkylation sites (N-methyl/N-ethyl adjacent to an activating group) is 1. The van der Waals surface area contributed by atoms with Gasteiger partial charge in [0.25, 0.3) is 5.91 Å². The van der Waals surface area contributed by atoms with Crippen LogP contribution in [0.4, 0.5) is 0 Å². The zero-order valence-corrected chi connectivity index (χ0v) is 43.8. The zero-order chi connectivity index (χ0) is 53.9. The van der Waals surface area contributed by atoms with E-state index in [1.807, 2.05) is 72.8 Å². The van der Waals surface area contributed by atoms with Crippen molar-refractivity contribution in [3.8, 4) is 80.1 Å². The Hall–Kier alpha value is -8.46. The van der Waals surface area contributed by atoms with E-state index >= 15 is 0 Å². The summed E-state index contributed by atoms with van der Waals surface area (Å²) in [7, 11) is 15.3. The monoisotopic (exact) mass is 1040 g/mol. The molecule has 4 aromatic heterocycles. The molecule has 0 radical (unpaired) electrons. The number of ether oxygens (including phenoxy) is 8. The second-order valence-electron chi connectivity index (χ2n) is 17.3. The van der Waals surface area contributed by atoms with Crippen molar-refractivity contribution in [1.82, 2.24) is 25.5 Å². The normalized spacial score (nSPS) is 13.5. The largest absolute Gasteiger partial charge is 0.493 e. The Morgan fingerprint density at radius 1 is 0.513 bits per heavy atom. The summed E-state index contributed by atoms with van der Waals surface area (Å²) in [5.74, 6) is 7.20. The van der Waals surface area contributed by atoms with E-state index in [2.05, 4.69) is 20.4 Å². The second kappa shape index (κ2) is 24.7. The Morgan fingerprint density at radius 3 is 1.34 bits per heavy atom. The number of hydrogen-bond acceptors (Lipinski definition) is 19. The molecule has 76 heavy (non-hydrogen) atoms. The Kier molecular flexibility index (Phi) is 17.5. The van der Waals surface area contributed by atoms with E-state index in [1.165, 1.54) is 42.7 Å². The van der Waals surface area contributed by atoms with Gasteiger partial charge >= 0.3 is 0 Å². The van der Waals surface area contributed by atoms with Crippen LogP contribution in [0.25, 0.3) is 45.6 Å². The van der Waals surface area contributed by atoms with Crippen molar-refractivity contribution in [1.29, 1.82) is 0 Å². The number of carbonyl (C=O) groups excluding carboxylic acids is 2. The maximum atomic E-state index is 13.3. The summed E-state index contributed by atoms with van der Waals surface area (Å²) >= 11 is 0. The van der Waals surface area contributed by atoms with Crippen LogP contribution >= 0.6 is 0 Å². The van der Waals surface area contributed by atoms with Gasteiger partial charge in [0.05, 0.1) is 56.0 Å². The lowest BCUT2D eigenvalue weighted by Gasteiger charge is -2.20. The molecule has 2 atom stereocenters. The van der Waals surface area contributed by atoms with Gasteiger partial charge in [-0.05, 0) is 110 Å². The average Bonchev–Trinajstić information content (AvgIpc) is 4.16. The molecule has 1 amide bonds. The van der Waals surface area contributed by atoms with Crippen LogP contribution in [0.1, 0.15) is 83.2 Å². The molecule has 0 aliphatic heterocycles. The molecule has 20 heteroatoms. The SMILES string of the molecule is COC(C(=O)N(C)OC)c1ccc(-c2nnc(C3CC3)o2)cc1.COc1cc(-c2ccc(C(=O)C(OC)c3ccc(-c4nnc(C5CC5)o4)cc3)o2)cc(OC)c1OC.COc1cc(-c2ccco2)cc(OC)c1OC. The van der Waals surface area contributed by atoms with Gasteiger partial charge in [0.2, 0.25) is 40.8 Å². The van der Waals surface area contributed by atoms with Gasteiger partial charge in [-0.25, -0.2) is 5.06 Å². The van der Waals surface area contributed by atoms with Crippen LogP contribution in [-0.4, -0.2) is 108 Å². The van der Waals surface area contributed by atoms with Crippen LogP contribution in [0.2, 0.25) is 0 Å². The highest BCUT2D eigenvalue weighted by atomic mass is 16.7. The molecule has 2 aliphatic rings. The number of hydrogen-bond donors (Lipinski definition) is 0. The number of Topliss-reactive ketones (excluding diaryl/α,β-unsaturated/α-hetero) is 1. The summed E-state index contributed by atoms with van der Waals surface area (Å²) in [6.07, 6.45) is 4.47. The second-order valence-corrected chi connectivity index (χ2v) is 17.3. The van der Waals surface area contributed by atoms with Crippen LogP contribution in [0.5, 0.6) is 34.5 Å². The minimum absolute atomic E-state index is 0.167. The number of ketones is 1. The first-order valence-corrected chi connectivity index (χ1v) is 24.0. The number of aromatic nitrogens is 4. The summed E-state index contributed by atoms with van der Waals surface area (Å²) in [5.41, 5.74) is 4.56. The van der Waals surface area contributed by atoms with Crippen molar-refractivity contribution in [2.75, 3.05) is 71.0 Å². The topological polar surface area (TPSA) is 225 Å². The Morgan fingerprint density at radius 2 is 0.961 bits per heavy atom. The highest BCUT2D eigenvalue weighted by Gasteiger charge is 2.32. The zero-order valence-electron chi connectivity index (χ0n) is 43.8. The van der Waals surface area contributed by atoms with Crippen LogP contribution in [-0.2, 0) is 19.1 Å². The standard InChI is InChI=1S/C27H26N2O7.C16H19N3O4.C13H14O4/c1-31-21-13-18(14-22(32-2)25(21)34-4)19-11-12-20(35-19)23(30)24(33-3)15-5-7-16(8-6-15)26-28-29-27(36-26)17-9-10-17;1-19(22-3)16(20)13(21-2)10-4-6-11(7-5-10)14-17-18-15(23-14)12-8-9-12;1-14-11-7-9(10-5-4-6-17-10)8-12(15-2)13(11)16-3/h5-8,11-14,17,24H,9-10H2,1-4H3;4-7,12-13H,8-9H2,1-3H3;4-8H,1-3H3. The maximum Gasteiger partial charge on any atom is 0.279 e. The molecule has 0 saturated heterocycles. The highest BCUT2D eigenvalue weighted by Crippen LogP contribution is 2.44. The van der Waals surface area contributed by atoms with Gasteiger partial charge in [0.1, 0.15) is 17.6 Å². The first kappa shape index (κ1) is 53.8. The van der Waals surface area contributed by atoms with Crippen LogP contribution < -0.4 is 28.4 Å². The molecule has 398 valence electrons. The highest BCUT2D eigenvalue weighted by molar-refractivity contribution is 5.98. The number of nitrogens with zero attached hydrogens (tertiary/aromatic N) is 5. The fraction of sp³-hybridized carbons (Fsp3) is 0.321. The van der Waals surface area contributed by atoms with Gasteiger partial charge in [-0.3, -0.25) is 14.4 Å². The lowest BCUT2D eigenvalue weighted by molar-refractivity contribution is -0.179. The smallest absolute Gasteiger partial charge is 0.279 e. The molecule has 2 fully saturated rings. The molecule has 0 bridgehead atoms. The molecule has 8 aromatic rings. The van der Waals surface area contributed by atoms with Crippen LogP contribution in [0, 0.1) is 0 Å². The molecular formula is C56H59N5O15. The first-order chi connectivity index (χ1) is 37.0. The van der Waals surface area contributed by atoms with E-state index in [1.54, 1.807) is 58.9 Å². The molecule has 2 aliphatic carbocycles. The fourth-order valence-electron chi connectivity index (χ4n) is 7.97. The number of furan rings is 2. The Bertz CT molecular complexity index is 3120. The molecule has 4 aromatic carbocycles. The van der Waals surface area contributed by atoms with E-state index in [4.69, 9.17) is 60.4 Å². The van der Waals surface area contributed by atoms with Crippen molar-refractivity contribution in [2.24, 2.45) is 0 Å². The van der Waals surface area contributed by atoms with Gasteiger partial charge in [-0.15, -0.1) is 20.4 Å². The van der Waals surface area contributed by atoms with Crippen molar-refractivity contribution in [3.05, 3.63) is 132 Å². The van der Waals surface area contributed by atoms with Crippen LogP contribution in [0.15, 0.2) is 121 Å². The number of amides is 1. The Balaban J connectivity index is 0.000000164. The summed E-state index contributed by atoms with van der Waals surface area (Å²) in [6, 6.07) is 28.9. The third kappa shape index (κ3) is 12.2. The minimum Gasteiger partial charge on any atom is -0.493 e. The first-order valence-electron chi connectivity index (χ1n) is 24.0. The van der Waals surface area contributed by atoms with E-state index in [0.717, 1.165) is 58.8 Å². The van der Waals surface area contributed by atoms with Crippen molar-refractivity contribution in [3.63, 3.8) is 0 Å². The number of hydroxylamine groups is 2. The summed E-state index contributed by atoms with van der Waals surface area (Å²) in [6.45, 7) is 0. The van der Waals surface area contributed by atoms with Crippen molar-refractivity contribution >= 4 is 11.7 Å². The van der Waals surface area contributed by atoms with Gasteiger partial charge in [-0.2, -0.15) is 0 Å². The van der Waals surface area contributed by atoms with Gasteiger partial charge in [0, 0.05) is 55.4 Å². The minimum atomic E-state index is -0.845. The maximum absolute atomic E-state index is 13.3. The van der Waals surface area contributed by atoms with Gasteiger partial charge in [0.15, 0.2) is 34.9 Å². The van der Waals surface area contributed by atoms with Crippen LogP contribution in [0.3, 0.4) is 0 Å². The lowest BCUT2D eigenvalue weighted by Crippen LogP contribution is -2.31. The predicted octanol–water partition coefficient (Wildman–Crippen LogP) is 10.8. The Labute approximate surface area is 438 Å². The van der Waals surface area contributed by atoms with E-state index in [-0.39, 0.29) is 17.5 Å². The molecule has 20 nitrogen and oxygen atoms in total. The van der Waals surface area contributed by atoms with E-state index in [0.29, 0.717) is 86.8 Å². The number of benzene rings is 4. The van der Waals surface area contributed by atoms with E-state index < -0.39 is 12.2 Å². The molecule has 0 N–H and O–H groups in total. The number of methoxy groups -OCH3 is 8. The molecule has 0 spiro atoms. The third-order valence-electron chi connectivity index (χ3n) is 12.4. The fourth-order valence-corrected chi connectivity index (χ4v) is 7.97. The lowest BCUT2D eigenvalue weighted by atomic mass is 10.0. The summed E-state index contributed by atoms with van der Waals surface area (Å²) in [5, 5.41) is 17.5. The number of carbonyl (C=O) groups is 2. The predicted molar refractivity (Wildman–Crippen MR) is 275 cm³/mol. The van der Waals surface area contributed by atoms with Gasteiger partial charge in [-0.1, -0.05) is 24.3 Å². The van der Waals surface area contributed by atoms with E-state index in [9.17, 15) is 9.59 Å². The quantitative estimate of drug-likeness (QED) is 0.0511. The van der Waals surface area contributed by atoms with Crippen molar-refractivity contribution < 1.29 is 70.0 Å². The summed E-state index contributed by atoms with van der Waals surface area (Å²) < 4.78 is 65.5. The summed E-state index contributed by atoms with van der Waals surface area (Å²) in [4.78, 5) is 30.4. The average molecular weight is 1040 g/mol. The molecule has 2 saturated carbocycles. The number of rotatable bonds is 20. The van der Waals surface area contributed by atoms with Crippen molar-refractivity contribution in [2.45, 2.75) is 49.7 Å². The third-order valence-corrected chi connectivity index (χ3v) is 12.4. The van der Waals surface area contributed by atoms with Gasteiger partial charge < -0.3 is 55.6 Å².